The molecule has 0 saturated carbocycles. The zero-order valence-corrected chi connectivity index (χ0v) is 16.6. The lowest BCUT2D eigenvalue weighted by Gasteiger charge is -2.19. The fourth-order valence-electron chi connectivity index (χ4n) is 2.85. The van der Waals surface area contributed by atoms with Crippen molar-refractivity contribution in [2.24, 2.45) is 0 Å². The molecule has 1 N–H and O–H groups in total. The van der Waals surface area contributed by atoms with Gasteiger partial charge in [-0.05, 0) is 31.5 Å². The minimum atomic E-state index is -0.705. The maximum Gasteiger partial charge on any atom is 0.309 e. The lowest BCUT2D eigenvalue weighted by molar-refractivity contribution is -0.150. The van der Waals surface area contributed by atoms with Gasteiger partial charge in [0.1, 0.15) is 0 Å². The normalized spacial score (nSPS) is 12.8. The van der Waals surface area contributed by atoms with Crippen LogP contribution in [-0.4, -0.2) is 22.1 Å². The molecule has 7 nitrogen and oxygen atoms in total. The summed E-state index contributed by atoms with van der Waals surface area (Å²) in [6.45, 7) is 5.05. The van der Waals surface area contributed by atoms with Crippen LogP contribution in [0.15, 0.2) is 59.0 Å². The Labute approximate surface area is 169 Å². The van der Waals surface area contributed by atoms with Gasteiger partial charge in [-0.25, -0.2) is 0 Å². The van der Waals surface area contributed by atoms with Crippen LogP contribution in [0, 0.1) is 6.92 Å². The summed E-state index contributed by atoms with van der Waals surface area (Å²) in [5, 5.41) is 10.8. The molecule has 2 unspecified atom stereocenters. The number of nitrogens with zero attached hydrogens (tertiary/aromatic N) is 2. The molecule has 3 rings (SSSR count). The molecule has 1 amide bonds. The van der Waals surface area contributed by atoms with Crippen LogP contribution in [0.2, 0.25) is 0 Å². The molecule has 150 valence electrons. The van der Waals surface area contributed by atoms with Crippen molar-refractivity contribution < 1.29 is 18.7 Å². The molecule has 7 heteroatoms. The van der Waals surface area contributed by atoms with Gasteiger partial charge in [0, 0.05) is 12.5 Å². The third-order valence-electron chi connectivity index (χ3n) is 4.35. The highest BCUT2D eigenvalue weighted by Crippen LogP contribution is 2.24. The zero-order valence-electron chi connectivity index (χ0n) is 16.6. The Hall–Kier alpha value is -3.48. The largest absolute Gasteiger partial charge is 0.453 e. The molecule has 0 spiro atoms. The van der Waals surface area contributed by atoms with Gasteiger partial charge in [-0.15, -0.1) is 10.2 Å². The van der Waals surface area contributed by atoms with E-state index in [9.17, 15) is 9.59 Å². The van der Waals surface area contributed by atoms with Crippen molar-refractivity contribution in [3.05, 3.63) is 71.6 Å². The molecule has 2 atom stereocenters. The van der Waals surface area contributed by atoms with Crippen molar-refractivity contribution in [3.63, 3.8) is 0 Å². The van der Waals surface area contributed by atoms with E-state index in [4.69, 9.17) is 9.15 Å². The molecule has 0 aliphatic carbocycles. The first-order valence-corrected chi connectivity index (χ1v) is 9.34. The van der Waals surface area contributed by atoms with E-state index in [2.05, 4.69) is 15.5 Å². The van der Waals surface area contributed by atoms with Crippen LogP contribution in [0.5, 0.6) is 0 Å². The van der Waals surface area contributed by atoms with E-state index in [1.165, 1.54) is 6.92 Å². The molecular formula is C22H23N3O4. The number of carbonyl (C=O) groups excluding carboxylic acids is 2. The van der Waals surface area contributed by atoms with Crippen LogP contribution >= 0.6 is 0 Å². The summed E-state index contributed by atoms with van der Waals surface area (Å²) in [6, 6.07) is 16.5. The van der Waals surface area contributed by atoms with Gasteiger partial charge in [0.05, 0.1) is 12.5 Å². The van der Waals surface area contributed by atoms with Gasteiger partial charge in [-0.1, -0.05) is 48.0 Å². The van der Waals surface area contributed by atoms with Crippen LogP contribution in [-0.2, 0) is 14.3 Å². The minimum absolute atomic E-state index is 0.00728. The van der Waals surface area contributed by atoms with Gasteiger partial charge in [0.25, 0.3) is 5.89 Å². The molecule has 0 saturated heterocycles. The van der Waals surface area contributed by atoms with Gasteiger partial charge in [0.15, 0.2) is 6.10 Å². The van der Waals surface area contributed by atoms with Gasteiger partial charge in [-0.3, -0.25) is 9.59 Å². The number of esters is 1. The van der Waals surface area contributed by atoms with Crippen LogP contribution in [0.3, 0.4) is 0 Å². The molecule has 0 aliphatic rings. The van der Waals surface area contributed by atoms with Gasteiger partial charge >= 0.3 is 5.97 Å². The maximum absolute atomic E-state index is 12.5. The minimum Gasteiger partial charge on any atom is -0.453 e. The number of carbonyl (C=O) groups is 2. The maximum atomic E-state index is 12.5. The lowest BCUT2D eigenvalue weighted by atomic mass is 10.0. The molecule has 3 aromatic rings. The molecule has 0 radical (unpaired) electrons. The summed E-state index contributed by atoms with van der Waals surface area (Å²) in [6.07, 6.45) is -0.712. The number of aryl methyl sites for hydroxylation is 1. The highest BCUT2D eigenvalue weighted by molar-refractivity contribution is 5.76. The predicted molar refractivity (Wildman–Crippen MR) is 107 cm³/mol. The number of aromatic nitrogens is 2. The second-order valence-electron chi connectivity index (χ2n) is 6.81. The van der Waals surface area contributed by atoms with Crippen molar-refractivity contribution in [2.75, 3.05) is 0 Å². The second kappa shape index (κ2) is 9.14. The fraction of sp³-hybridized carbons (Fsp3) is 0.273. The topological polar surface area (TPSA) is 94.3 Å². The molecule has 29 heavy (non-hydrogen) atoms. The third-order valence-corrected chi connectivity index (χ3v) is 4.35. The monoisotopic (exact) mass is 393 g/mol. The number of amides is 1. The molecule has 0 bridgehead atoms. The van der Waals surface area contributed by atoms with Crippen molar-refractivity contribution in [1.82, 2.24) is 15.5 Å². The van der Waals surface area contributed by atoms with Crippen molar-refractivity contribution in [2.45, 2.75) is 39.3 Å². The van der Waals surface area contributed by atoms with Crippen molar-refractivity contribution in [1.29, 1.82) is 0 Å². The summed E-state index contributed by atoms with van der Waals surface area (Å²) in [5.41, 5.74) is 2.71. The number of hydrogen-bond donors (Lipinski definition) is 1. The Morgan fingerprint density at radius 1 is 1.07 bits per heavy atom. The predicted octanol–water partition coefficient (Wildman–Crippen LogP) is 3.92. The molecule has 0 fully saturated rings. The highest BCUT2D eigenvalue weighted by atomic mass is 16.6. The first kappa shape index (κ1) is 20.3. The van der Waals surface area contributed by atoms with E-state index in [1.54, 1.807) is 6.92 Å². The standard InChI is InChI=1S/C22H23N3O4/c1-14-9-11-17(12-10-14)19(23-16(3)26)13-20(27)28-15(2)21-24-25-22(29-21)18-7-5-4-6-8-18/h4-12,15,19H,13H2,1-3H3,(H,23,26). The number of rotatable bonds is 7. The molecular weight excluding hydrogens is 370 g/mol. The number of nitrogens with one attached hydrogen (secondary N) is 1. The Kier molecular flexibility index (Phi) is 6.39. The third kappa shape index (κ3) is 5.51. The fourth-order valence-corrected chi connectivity index (χ4v) is 2.85. The average Bonchev–Trinajstić information content (AvgIpc) is 3.19. The van der Waals surface area contributed by atoms with Crippen molar-refractivity contribution >= 4 is 11.9 Å². The summed E-state index contributed by atoms with van der Waals surface area (Å²) in [7, 11) is 0. The summed E-state index contributed by atoms with van der Waals surface area (Å²) >= 11 is 0. The van der Waals surface area contributed by atoms with E-state index < -0.39 is 18.1 Å². The van der Waals surface area contributed by atoms with E-state index in [0.717, 1.165) is 16.7 Å². The quantitative estimate of drug-likeness (QED) is 0.612. The molecule has 2 aromatic carbocycles. The van der Waals surface area contributed by atoms with E-state index in [-0.39, 0.29) is 18.2 Å². The van der Waals surface area contributed by atoms with Gasteiger partial charge in [0.2, 0.25) is 11.8 Å². The first-order valence-electron chi connectivity index (χ1n) is 9.34. The molecule has 1 aromatic heterocycles. The van der Waals surface area contributed by atoms with E-state index in [0.29, 0.717) is 5.89 Å². The summed E-state index contributed by atoms with van der Waals surface area (Å²) in [5.74, 6) is -0.125. The SMILES string of the molecule is CC(=O)NC(CC(=O)OC(C)c1nnc(-c2ccccc2)o1)c1ccc(C)cc1. The Morgan fingerprint density at radius 2 is 1.76 bits per heavy atom. The second-order valence-corrected chi connectivity index (χ2v) is 6.81. The lowest BCUT2D eigenvalue weighted by Crippen LogP contribution is -2.28. The molecule has 1 heterocycles. The van der Waals surface area contributed by atoms with Crippen LogP contribution in [0.25, 0.3) is 11.5 Å². The summed E-state index contributed by atoms with van der Waals surface area (Å²) < 4.78 is 11.1. The smallest absolute Gasteiger partial charge is 0.309 e. The Morgan fingerprint density at radius 3 is 2.41 bits per heavy atom. The Bertz CT molecular complexity index is 967. The average molecular weight is 393 g/mol. The van der Waals surface area contributed by atoms with Crippen LogP contribution < -0.4 is 5.32 Å². The van der Waals surface area contributed by atoms with Crippen LogP contribution in [0.1, 0.15) is 49.4 Å². The van der Waals surface area contributed by atoms with E-state index >= 15 is 0 Å². The van der Waals surface area contributed by atoms with Gasteiger partial charge in [-0.2, -0.15) is 0 Å². The number of ether oxygens (including phenoxy) is 1. The van der Waals surface area contributed by atoms with Gasteiger partial charge < -0.3 is 14.5 Å². The highest BCUT2D eigenvalue weighted by Gasteiger charge is 2.23. The summed E-state index contributed by atoms with van der Waals surface area (Å²) in [4.78, 5) is 24.0. The first-order chi connectivity index (χ1) is 13.9. The number of benzene rings is 2. The zero-order chi connectivity index (χ0) is 20.8. The molecule has 0 aliphatic heterocycles. The number of hydrogen-bond acceptors (Lipinski definition) is 6. The van der Waals surface area contributed by atoms with E-state index in [1.807, 2.05) is 61.5 Å². The van der Waals surface area contributed by atoms with Crippen LogP contribution in [0.4, 0.5) is 0 Å². The Balaban J connectivity index is 1.65. The van der Waals surface area contributed by atoms with Crippen molar-refractivity contribution in [3.8, 4) is 11.5 Å².